The van der Waals surface area contributed by atoms with Crippen LogP contribution in [-0.2, 0) is 0 Å². The maximum absolute atomic E-state index is 11.4. The van der Waals surface area contributed by atoms with E-state index in [1.807, 2.05) is 25.1 Å². The number of aromatic amines is 1. The number of nitrogens with zero attached hydrogens (tertiary/aromatic N) is 1. The minimum absolute atomic E-state index is 0.115. The normalized spacial score (nSPS) is 10.4. The van der Waals surface area contributed by atoms with E-state index in [1.54, 1.807) is 17.0 Å². The number of hydrogen-bond acceptors (Lipinski definition) is 1. The summed E-state index contributed by atoms with van der Waals surface area (Å²) >= 11 is 3.38. The molecule has 3 nitrogen and oxygen atoms in total. The zero-order valence-corrected chi connectivity index (χ0v) is 9.21. The van der Waals surface area contributed by atoms with Crippen molar-refractivity contribution in [2.75, 3.05) is 0 Å². The minimum Gasteiger partial charge on any atom is -0.312 e. The Morgan fingerprint density at radius 2 is 2.21 bits per heavy atom. The van der Waals surface area contributed by atoms with Crippen molar-refractivity contribution in [2.24, 2.45) is 0 Å². The van der Waals surface area contributed by atoms with E-state index < -0.39 is 0 Å². The first kappa shape index (κ1) is 9.27. The lowest BCUT2D eigenvalue weighted by molar-refractivity contribution is 0.975. The van der Waals surface area contributed by atoms with E-state index >= 15 is 0 Å². The van der Waals surface area contributed by atoms with Gasteiger partial charge in [0, 0.05) is 16.9 Å². The molecule has 0 aliphatic carbocycles. The second kappa shape index (κ2) is 3.46. The molecule has 0 aliphatic heterocycles. The Morgan fingerprint density at radius 1 is 1.43 bits per heavy atom. The monoisotopic (exact) mass is 252 g/mol. The van der Waals surface area contributed by atoms with Crippen LogP contribution in [0.2, 0.25) is 0 Å². The van der Waals surface area contributed by atoms with E-state index in [-0.39, 0.29) is 5.69 Å². The molecule has 0 aliphatic rings. The fraction of sp³-hybridized carbons (Fsp3) is 0.100. The molecule has 0 atom stereocenters. The molecule has 0 radical (unpaired) electrons. The topological polar surface area (TPSA) is 37.8 Å². The van der Waals surface area contributed by atoms with Gasteiger partial charge in [0.15, 0.2) is 0 Å². The number of H-pyrrole nitrogens is 1. The van der Waals surface area contributed by atoms with Crippen LogP contribution in [0.5, 0.6) is 0 Å². The Hall–Kier alpha value is -1.29. The summed E-state index contributed by atoms with van der Waals surface area (Å²) in [6, 6.07) is 5.81. The first-order valence-corrected chi connectivity index (χ1v) is 5.00. The molecule has 0 spiro atoms. The Balaban J connectivity index is 2.63. The standard InChI is InChI=1S/C10H9BrN2O/c1-7-6-8(11)2-3-9(7)13-5-4-12-10(13)14/h2-6H,1H3,(H,12,14). The van der Waals surface area contributed by atoms with E-state index in [0.29, 0.717) is 0 Å². The van der Waals surface area contributed by atoms with Crippen molar-refractivity contribution in [3.8, 4) is 5.69 Å². The largest absolute Gasteiger partial charge is 0.330 e. The van der Waals surface area contributed by atoms with E-state index in [9.17, 15) is 4.79 Å². The Morgan fingerprint density at radius 3 is 2.79 bits per heavy atom. The molecule has 0 unspecified atom stereocenters. The van der Waals surface area contributed by atoms with Gasteiger partial charge in [-0.2, -0.15) is 0 Å². The van der Waals surface area contributed by atoms with Gasteiger partial charge in [-0.05, 0) is 30.7 Å². The Kier molecular flexibility index (Phi) is 2.29. The molecule has 0 saturated carbocycles. The third-order valence-corrected chi connectivity index (χ3v) is 2.56. The number of halogens is 1. The maximum atomic E-state index is 11.4. The number of aryl methyl sites for hydroxylation is 1. The minimum atomic E-state index is -0.115. The molecule has 0 saturated heterocycles. The van der Waals surface area contributed by atoms with Crippen LogP contribution in [0.25, 0.3) is 5.69 Å². The third kappa shape index (κ3) is 1.53. The highest BCUT2D eigenvalue weighted by molar-refractivity contribution is 9.10. The van der Waals surface area contributed by atoms with Crippen molar-refractivity contribution in [2.45, 2.75) is 6.92 Å². The van der Waals surface area contributed by atoms with Crippen LogP contribution in [0.4, 0.5) is 0 Å². The van der Waals surface area contributed by atoms with Crippen LogP contribution in [-0.4, -0.2) is 9.55 Å². The van der Waals surface area contributed by atoms with E-state index in [4.69, 9.17) is 0 Å². The van der Waals surface area contributed by atoms with Gasteiger partial charge in [0.2, 0.25) is 0 Å². The van der Waals surface area contributed by atoms with Gasteiger partial charge in [-0.25, -0.2) is 4.79 Å². The van der Waals surface area contributed by atoms with Crippen LogP contribution in [0, 0.1) is 6.92 Å². The summed E-state index contributed by atoms with van der Waals surface area (Å²) < 4.78 is 2.60. The molecule has 2 rings (SSSR count). The summed E-state index contributed by atoms with van der Waals surface area (Å²) in [4.78, 5) is 14.0. The van der Waals surface area contributed by atoms with Crippen molar-refractivity contribution in [1.29, 1.82) is 0 Å². The van der Waals surface area contributed by atoms with Gasteiger partial charge >= 0.3 is 5.69 Å². The van der Waals surface area contributed by atoms with Crippen LogP contribution in [0.15, 0.2) is 39.9 Å². The van der Waals surface area contributed by atoms with E-state index in [2.05, 4.69) is 20.9 Å². The third-order valence-electron chi connectivity index (χ3n) is 2.07. The first-order valence-electron chi connectivity index (χ1n) is 4.21. The van der Waals surface area contributed by atoms with Crippen LogP contribution in [0.1, 0.15) is 5.56 Å². The fourth-order valence-electron chi connectivity index (χ4n) is 1.40. The van der Waals surface area contributed by atoms with Gasteiger partial charge in [0.1, 0.15) is 0 Å². The molecule has 0 fully saturated rings. The predicted molar refractivity (Wildman–Crippen MR) is 58.8 cm³/mol. The van der Waals surface area contributed by atoms with Gasteiger partial charge in [0.25, 0.3) is 0 Å². The summed E-state index contributed by atoms with van der Waals surface area (Å²) in [6.07, 6.45) is 3.35. The summed E-state index contributed by atoms with van der Waals surface area (Å²) in [7, 11) is 0. The van der Waals surface area contributed by atoms with Crippen molar-refractivity contribution >= 4 is 15.9 Å². The van der Waals surface area contributed by atoms with E-state index in [1.165, 1.54) is 0 Å². The predicted octanol–water partition coefficient (Wildman–Crippen LogP) is 2.24. The number of aromatic nitrogens is 2. The molecular formula is C10H9BrN2O. The molecule has 0 bridgehead atoms. The molecule has 1 aromatic heterocycles. The van der Waals surface area contributed by atoms with Gasteiger partial charge in [-0.3, -0.25) is 4.57 Å². The van der Waals surface area contributed by atoms with Crippen molar-refractivity contribution < 1.29 is 0 Å². The van der Waals surface area contributed by atoms with Gasteiger partial charge in [-0.15, -0.1) is 0 Å². The molecule has 1 aromatic carbocycles. The summed E-state index contributed by atoms with van der Waals surface area (Å²) in [6.45, 7) is 1.97. The number of imidazole rings is 1. The molecule has 1 N–H and O–H groups in total. The smallest absolute Gasteiger partial charge is 0.312 e. The molecule has 0 amide bonds. The highest BCUT2D eigenvalue weighted by atomic mass is 79.9. The van der Waals surface area contributed by atoms with Crippen LogP contribution in [0.3, 0.4) is 0 Å². The first-order chi connectivity index (χ1) is 6.68. The average molecular weight is 253 g/mol. The van der Waals surface area contributed by atoms with Crippen molar-refractivity contribution in [3.63, 3.8) is 0 Å². The second-order valence-electron chi connectivity index (χ2n) is 3.07. The zero-order valence-electron chi connectivity index (χ0n) is 7.62. The zero-order chi connectivity index (χ0) is 10.1. The molecule has 14 heavy (non-hydrogen) atoms. The van der Waals surface area contributed by atoms with E-state index in [0.717, 1.165) is 15.7 Å². The molecular weight excluding hydrogens is 244 g/mol. The van der Waals surface area contributed by atoms with Gasteiger partial charge < -0.3 is 4.98 Å². The van der Waals surface area contributed by atoms with Crippen LogP contribution < -0.4 is 5.69 Å². The molecule has 72 valence electrons. The summed E-state index contributed by atoms with van der Waals surface area (Å²) in [5, 5.41) is 0. The highest BCUT2D eigenvalue weighted by Gasteiger charge is 2.03. The molecule has 1 heterocycles. The van der Waals surface area contributed by atoms with Crippen molar-refractivity contribution in [1.82, 2.24) is 9.55 Å². The van der Waals surface area contributed by atoms with Crippen molar-refractivity contribution in [3.05, 3.63) is 51.1 Å². The molecule has 4 heteroatoms. The number of hydrogen-bond donors (Lipinski definition) is 1. The van der Waals surface area contributed by atoms with Crippen LogP contribution >= 0.6 is 15.9 Å². The fourth-order valence-corrected chi connectivity index (χ4v) is 1.87. The molecule has 2 aromatic rings. The quantitative estimate of drug-likeness (QED) is 0.831. The summed E-state index contributed by atoms with van der Waals surface area (Å²) in [5.74, 6) is 0. The maximum Gasteiger partial charge on any atom is 0.330 e. The lowest BCUT2D eigenvalue weighted by Gasteiger charge is -2.05. The van der Waals surface area contributed by atoms with Gasteiger partial charge in [0.05, 0.1) is 5.69 Å². The number of benzene rings is 1. The number of nitrogens with one attached hydrogen (secondary N) is 1. The Labute approximate surface area is 89.5 Å². The lowest BCUT2D eigenvalue weighted by atomic mass is 10.2. The lowest BCUT2D eigenvalue weighted by Crippen LogP contribution is -2.14. The van der Waals surface area contributed by atoms with Gasteiger partial charge in [-0.1, -0.05) is 15.9 Å². The number of rotatable bonds is 1. The summed E-state index contributed by atoms with van der Waals surface area (Å²) in [5.41, 5.74) is 1.84. The SMILES string of the molecule is Cc1cc(Br)ccc1-n1cc[nH]c1=O. The average Bonchev–Trinajstić information content (AvgIpc) is 2.52. The highest BCUT2D eigenvalue weighted by Crippen LogP contribution is 2.17. The Bertz CT molecular complexity index is 513. The second-order valence-corrected chi connectivity index (χ2v) is 3.98.